The van der Waals surface area contributed by atoms with Gasteiger partial charge in [0, 0.05) is 17.1 Å². The number of amides is 1. The molecule has 2 unspecified atom stereocenters. The quantitative estimate of drug-likeness (QED) is 0.318. The predicted octanol–water partition coefficient (Wildman–Crippen LogP) is 1.62. The Labute approximate surface area is 205 Å². The minimum absolute atomic E-state index is 0.0438. The van der Waals surface area contributed by atoms with Crippen LogP contribution in [0, 0.1) is 17.8 Å². The van der Waals surface area contributed by atoms with E-state index in [0.29, 0.717) is 16.7 Å². The first-order chi connectivity index (χ1) is 17.0. The summed E-state index contributed by atoms with van der Waals surface area (Å²) in [4.78, 5) is 50.1. The number of hydrogen-bond donors (Lipinski definition) is 5. The average Bonchev–Trinajstić information content (AvgIpc) is 2.81. The molecule has 0 spiro atoms. The number of phenolic OH excluding ortho intramolecular Hbond substituents is 1. The smallest absolute Gasteiger partial charge is 0.230 e. The molecule has 1 saturated carbocycles. The molecule has 9 nitrogen and oxygen atoms in total. The monoisotopic (exact) mass is 491 g/mol. The zero-order valence-corrected chi connectivity index (χ0v) is 19.4. The summed E-state index contributed by atoms with van der Waals surface area (Å²) in [5.41, 5.74) is 4.96. The minimum atomic E-state index is -2.53. The van der Waals surface area contributed by atoms with Crippen LogP contribution in [0.15, 0.2) is 47.7 Å². The number of aliphatic hydroxyl groups excluding tert-OH is 2. The van der Waals surface area contributed by atoms with Gasteiger partial charge in [0.15, 0.2) is 23.0 Å². The van der Waals surface area contributed by atoms with Crippen LogP contribution < -0.4 is 5.73 Å². The highest BCUT2D eigenvalue weighted by Crippen LogP contribution is 2.52. The van der Waals surface area contributed by atoms with Crippen molar-refractivity contribution >= 4 is 23.3 Å². The fourth-order valence-electron chi connectivity index (χ4n) is 6.08. The molecule has 0 bridgehead atoms. The molecule has 0 aromatic heterocycles. The standard InChI is InChI=1S/C27H25NO8/c1-11(29)12-2-4-13(5-3-12)16-6-7-18(30)21-17(16)9-14-8-15-10-19(31)22(26(28)35)25(34)27(15,36)24(33)20(14)23(21)32/h2-7,14-15,19,22,30-31,33,36H,8-10H2,1H3,(H2,28,35)/t14-,15+,19?,22?,27+/m1/s1. The van der Waals surface area contributed by atoms with Crippen LogP contribution in [0.2, 0.25) is 0 Å². The summed E-state index contributed by atoms with van der Waals surface area (Å²) < 4.78 is 0. The molecule has 0 aliphatic heterocycles. The van der Waals surface area contributed by atoms with E-state index in [1.807, 2.05) is 0 Å². The molecule has 36 heavy (non-hydrogen) atoms. The minimum Gasteiger partial charge on any atom is -0.508 e. The largest absolute Gasteiger partial charge is 0.508 e. The molecule has 5 rings (SSSR count). The SMILES string of the molecule is CC(=O)c1ccc(-c2ccc(O)c3c2C[C@H]2C[C@H]4CC(O)C(C(N)=O)C(=O)[C@@]4(O)C(O)=C2C3=O)cc1. The zero-order valence-electron chi connectivity index (χ0n) is 19.4. The summed E-state index contributed by atoms with van der Waals surface area (Å²) in [5.74, 6) is -7.49. The molecular weight excluding hydrogens is 466 g/mol. The number of rotatable bonds is 3. The molecule has 1 amide bonds. The topological polar surface area (TPSA) is 175 Å². The summed E-state index contributed by atoms with van der Waals surface area (Å²) in [6, 6.07) is 9.86. The van der Waals surface area contributed by atoms with Gasteiger partial charge in [0.2, 0.25) is 5.91 Å². The van der Waals surface area contributed by atoms with Crippen molar-refractivity contribution in [1.82, 2.24) is 0 Å². The van der Waals surface area contributed by atoms with Gasteiger partial charge in [0.25, 0.3) is 0 Å². The predicted molar refractivity (Wildman–Crippen MR) is 126 cm³/mol. The second-order valence-corrected chi connectivity index (χ2v) is 9.86. The lowest BCUT2D eigenvalue weighted by atomic mass is 9.57. The van der Waals surface area contributed by atoms with Gasteiger partial charge in [-0.1, -0.05) is 30.3 Å². The third-order valence-corrected chi connectivity index (χ3v) is 7.88. The van der Waals surface area contributed by atoms with Crippen LogP contribution in [0.1, 0.15) is 46.0 Å². The number of Topliss-reactive ketones (excluding diaryl/α,β-unsaturated/α-hetero) is 3. The lowest BCUT2D eigenvalue weighted by Gasteiger charge is -2.48. The van der Waals surface area contributed by atoms with Gasteiger partial charge in [-0.2, -0.15) is 0 Å². The van der Waals surface area contributed by atoms with E-state index in [1.54, 1.807) is 30.3 Å². The number of hydrogen-bond acceptors (Lipinski definition) is 8. The Kier molecular flexibility index (Phi) is 5.38. The maximum atomic E-state index is 13.6. The van der Waals surface area contributed by atoms with Gasteiger partial charge in [0.05, 0.1) is 11.7 Å². The summed E-state index contributed by atoms with van der Waals surface area (Å²) in [6.07, 6.45) is -1.27. The highest BCUT2D eigenvalue weighted by molar-refractivity contribution is 6.16. The van der Waals surface area contributed by atoms with Crippen LogP contribution >= 0.6 is 0 Å². The number of ketones is 3. The molecule has 2 aromatic carbocycles. The van der Waals surface area contributed by atoms with Gasteiger partial charge < -0.3 is 26.2 Å². The van der Waals surface area contributed by atoms with E-state index in [-0.39, 0.29) is 41.9 Å². The Bertz CT molecular complexity index is 1370. The van der Waals surface area contributed by atoms with Crippen molar-refractivity contribution in [2.45, 2.75) is 37.9 Å². The van der Waals surface area contributed by atoms with E-state index in [2.05, 4.69) is 0 Å². The highest BCUT2D eigenvalue weighted by Gasteiger charge is 2.62. The second-order valence-electron chi connectivity index (χ2n) is 9.86. The van der Waals surface area contributed by atoms with Crippen molar-refractivity contribution in [2.75, 3.05) is 0 Å². The second kappa shape index (κ2) is 8.11. The number of nitrogens with two attached hydrogens (primary N) is 1. The Morgan fingerprint density at radius 1 is 1.03 bits per heavy atom. The Morgan fingerprint density at radius 3 is 2.31 bits per heavy atom. The average molecular weight is 491 g/mol. The number of carbonyl (C=O) groups excluding carboxylic acids is 4. The van der Waals surface area contributed by atoms with Crippen molar-refractivity contribution < 1.29 is 39.6 Å². The molecule has 9 heteroatoms. The van der Waals surface area contributed by atoms with Crippen LogP contribution in [0.3, 0.4) is 0 Å². The van der Waals surface area contributed by atoms with Crippen molar-refractivity contribution in [3.05, 3.63) is 64.4 Å². The fourth-order valence-corrected chi connectivity index (χ4v) is 6.08. The van der Waals surface area contributed by atoms with E-state index in [1.165, 1.54) is 13.0 Å². The number of fused-ring (bicyclic) bond motifs is 3. The van der Waals surface area contributed by atoms with Gasteiger partial charge >= 0.3 is 0 Å². The summed E-state index contributed by atoms with van der Waals surface area (Å²) >= 11 is 0. The number of benzene rings is 2. The molecular formula is C27H25NO8. The Hall–Kier alpha value is -3.82. The van der Waals surface area contributed by atoms with Crippen LogP contribution in [0.25, 0.3) is 11.1 Å². The van der Waals surface area contributed by atoms with Gasteiger partial charge in [0.1, 0.15) is 17.4 Å². The number of phenols is 1. The van der Waals surface area contributed by atoms with Crippen LogP contribution in [-0.4, -0.2) is 55.4 Å². The molecule has 0 heterocycles. The lowest BCUT2D eigenvalue weighted by molar-refractivity contribution is -0.167. The summed E-state index contributed by atoms with van der Waals surface area (Å²) in [5, 5.41) is 43.4. The van der Waals surface area contributed by atoms with E-state index in [9.17, 15) is 39.6 Å². The van der Waals surface area contributed by atoms with E-state index < -0.39 is 52.7 Å². The molecule has 0 saturated heterocycles. The molecule has 3 aliphatic carbocycles. The molecule has 186 valence electrons. The first-order valence-electron chi connectivity index (χ1n) is 11.6. The summed E-state index contributed by atoms with van der Waals surface area (Å²) in [7, 11) is 0. The van der Waals surface area contributed by atoms with E-state index >= 15 is 0 Å². The third-order valence-electron chi connectivity index (χ3n) is 7.88. The van der Waals surface area contributed by atoms with Crippen LogP contribution in [0.5, 0.6) is 5.75 Å². The molecule has 1 fully saturated rings. The van der Waals surface area contributed by atoms with Crippen LogP contribution in [0.4, 0.5) is 0 Å². The molecule has 2 aromatic rings. The lowest BCUT2D eigenvalue weighted by Crippen LogP contribution is -2.63. The van der Waals surface area contributed by atoms with Gasteiger partial charge in [-0.15, -0.1) is 0 Å². The number of allylic oxidation sites excluding steroid dienone is 1. The number of carbonyl (C=O) groups is 4. The normalized spacial score (nSPS) is 29.3. The van der Waals surface area contributed by atoms with Gasteiger partial charge in [-0.25, -0.2) is 0 Å². The van der Waals surface area contributed by atoms with Crippen molar-refractivity contribution in [2.24, 2.45) is 23.5 Å². The fraction of sp³-hybridized carbons (Fsp3) is 0.333. The molecule has 3 aliphatic rings. The Morgan fingerprint density at radius 2 is 1.69 bits per heavy atom. The van der Waals surface area contributed by atoms with Crippen molar-refractivity contribution in [3.8, 4) is 16.9 Å². The van der Waals surface area contributed by atoms with Crippen LogP contribution in [-0.2, 0) is 16.0 Å². The number of aromatic hydroxyl groups is 1. The molecule has 5 atom stereocenters. The Balaban J connectivity index is 1.64. The van der Waals surface area contributed by atoms with E-state index in [4.69, 9.17) is 5.73 Å². The van der Waals surface area contributed by atoms with Crippen molar-refractivity contribution in [3.63, 3.8) is 0 Å². The van der Waals surface area contributed by atoms with Crippen molar-refractivity contribution in [1.29, 1.82) is 0 Å². The van der Waals surface area contributed by atoms with Gasteiger partial charge in [-0.3, -0.25) is 19.2 Å². The third kappa shape index (κ3) is 3.23. The summed E-state index contributed by atoms with van der Waals surface area (Å²) in [6.45, 7) is 1.46. The number of primary amides is 1. The maximum Gasteiger partial charge on any atom is 0.230 e. The highest BCUT2D eigenvalue weighted by atomic mass is 16.3. The molecule has 0 radical (unpaired) electrons. The van der Waals surface area contributed by atoms with Gasteiger partial charge in [-0.05, 0) is 54.9 Å². The maximum absolute atomic E-state index is 13.6. The van der Waals surface area contributed by atoms with E-state index in [0.717, 1.165) is 5.56 Å². The molecule has 6 N–H and O–H groups in total. The zero-order chi connectivity index (χ0) is 26.1. The number of aliphatic hydroxyl groups is 3. The first kappa shape index (κ1) is 23.9. The first-order valence-corrected chi connectivity index (χ1v) is 11.6.